The number of hydrogen-bond acceptors (Lipinski definition) is 5. The molecule has 0 amide bonds. The van der Waals surface area contributed by atoms with E-state index < -0.39 is 11.7 Å². The number of fused-ring (bicyclic) bond motifs is 1. The molecule has 142 valence electrons. The second-order valence-corrected chi connectivity index (χ2v) is 6.45. The molecule has 1 saturated heterocycles. The Morgan fingerprint density at radius 1 is 1.35 bits per heavy atom. The van der Waals surface area contributed by atoms with Crippen molar-refractivity contribution in [2.24, 2.45) is 13.0 Å². The molecular weight excluding hydrogens is 349 g/mol. The molecule has 0 aromatic carbocycles. The first kappa shape index (κ1) is 18.5. The molecule has 0 atom stereocenters. The van der Waals surface area contributed by atoms with E-state index in [-0.39, 0.29) is 28.7 Å². The highest BCUT2D eigenvalue weighted by molar-refractivity contribution is 5.84. The zero-order valence-electron chi connectivity index (χ0n) is 14.9. The molecule has 0 unspecified atom stereocenters. The van der Waals surface area contributed by atoms with Crippen LogP contribution in [0.15, 0.2) is 6.07 Å². The summed E-state index contributed by atoms with van der Waals surface area (Å²) in [5.41, 5.74) is -0.217. The molecule has 1 fully saturated rings. The Balaban J connectivity index is 1.92. The highest BCUT2D eigenvalue weighted by atomic mass is 19.4. The van der Waals surface area contributed by atoms with Gasteiger partial charge < -0.3 is 9.64 Å². The Labute approximate surface area is 148 Å². The number of nitrogens with zero attached hydrogens (tertiary/aromatic N) is 4. The highest BCUT2D eigenvalue weighted by Gasteiger charge is 2.36. The van der Waals surface area contributed by atoms with Crippen molar-refractivity contribution in [2.75, 3.05) is 24.6 Å². The average Bonchev–Trinajstić information content (AvgIpc) is 2.88. The lowest BCUT2D eigenvalue weighted by molar-refractivity contribution is -0.148. The van der Waals surface area contributed by atoms with Crippen LogP contribution in [-0.2, 0) is 22.8 Å². The standard InChI is InChI=1S/C17H21F3N4O2/c1-4-26-16(25)11-5-7-24(8-6-11)13-9-12(17(18,19)20)14-10(2)22-23(3)15(14)21-13/h9,11H,4-8H2,1-3H3. The summed E-state index contributed by atoms with van der Waals surface area (Å²) in [7, 11) is 1.58. The summed E-state index contributed by atoms with van der Waals surface area (Å²) in [5.74, 6) is -0.195. The van der Waals surface area contributed by atoms with E-state index in [2.05, 4.69) is 10.1 Å². The number of ether oxygens (including phenoxy) is 1. The van der Waals surface area contributed by atoms with E-state index in [1.807, 2.05) is 0 Å². The molecular formula is C17H21F3N4O2. The maximum Gasteiger partial charge on any atom is 0.417 e. The second-order valence-electron chi connectivity index (χ2n) is 6.45. The van der Waals surface area contributed by atoms with Crippen molar-refractivity contribution >= 4 is 22.8 Å². The molecule has 0 saturated carbocycles. The molecule has 1 aliphatic rings. The van der Waals surface area contributed by atoms with Gasteiger partial charge >= 0.3 is 12.1 Å². The molecule has 3 rings (SSSR count). The number of anilines is 1. The molecule has 0 bridgehead atoms. The minimum absolute atomic E-state index is 0.0326. The zero-order valence-corrected chi connectivity index (χ0v) is 14.9. The molecule has 0 aliphatic carbocycles. The lowest BCUT2D eigenvalue weighted by Crippen LogP contribution is -2.37. The van der Waals surface area contributed by atoms with Crippen molar-refractivity contribution in [3.63, 3.8) is 0 Å². The van der Waals surface area contributed by atoms with Gasteiger partial charge in [-0.05, 0) is 32.8 Å². The fourth-order valence-electron chi connectivity index (χ4n) is 3.42. The van der Waals surface area contributed by atoms with Gasteiger partial charge in [0.2, 0.25) is 0 Å². The minimum atomic E-state index is -4.49. The Morgan fingerprint density at radius 2 is 2.00 bits per heavy atom. The van der Waals surface area contributed by atoms with E-state index in [1.165, 1.54) is 4.68 Å². The number of esters is 1. The number of hydrogen-bond donors (Lipinski definition) is 0. The molecule has 2 aromatic heterocycles. The smallest absolute Gasteiger partial charge is 0.417 e. The fraction of sp³-hybridized carbons (Fsp3) is 0.588. The van der Waals surface area contributed by atoms with Crippen molar-refractivity contribution in [2.45, 2.75) is 32.9 Å². The van der Waals surface area contributed by atoms with E-state index in [4.69, 9.17) is 4.74 Å². The Hall–Kier alpha value is -2.32. The molecule has 0 radical (unpaired) electrons. The number of aryl methyl sites for hydroxylation is 2. The summed E-state index contributed by atoms with van der Waals surface area (Å²) < 4.78 is 47.1. The zero-order chi connectivity index (χ0) is 19.1. The number of carbonyl (C=O) groups excluding carboxylic acids is 1. The normalized spacial score (nSPS) is 16.3. The first-order chi connectivity index (χ1) is 12.2. The summed E-state index contributed by atoms with van der Waals surface area (Å²) in [6.07, 6.45) is -3.43. The van der Waals surface area contributed by atoms with Crippen LogP contribution in [0.2, 0.25) is 0 Å². The lowest BCUT2D eigenvalue weighted by atomic mass is 9.97. The number of piperidine rings is 1. The van der Waals surface area contributed by atoms with Gasteiger partial charge in [-0.1, -0.05) is 0 Å². The summed E-state index contributed by atoms with van der Waals surface area (Å²) in [5, 5.41) is 4.11. The number of aromatic nitrogens is 3. The van der Waals surface area contributed by atoms with E-state index in [0.29, 0.717) is 38.2 Å². The predicted octanol–water partition coefficient (Wildman–Crippen LogP) is 3.08. The van der Waals surface area contributed by atoms with E-state index in [9.17, 15) is 18.0 Å². The van der Waals surface area contributed by atoms with Gasteiger partial charge in [-0.3, -0.25) is 9.48 Å². The summed E-state index contributed by atoms with van der Waals surface area (Å²) in [6.45, 7) is 4.53. The van der Waals surface area contributed by atoms with Crippen LogP contribution in [-0.4, -0.2) is 40.4 Å². The molecule has 26 heavy (non-hydrogen) atoms. The van der Waals surface area contributed by atoms with Crippen LogP contribution in [0, 0.1) is 12.8 Å². The van der Waals surface area contributed by atoms with Gasteiger partial charge in [0, 0.05) is 20.1 Å². The van der Waals surface area contributed by atoms with Crippen LogP contribution < -0.4 is 4.90 Å². The van der Waals surface area contributed by atoms with E-state index in [0.717, 1.165) is 6.07 Å². The maximum atomic E-state index is 13.6. The van der Waals surface area contributed by atoms with Gasteiger partial charge in [0.15, 0.2) is 5.65 Å². The molecule has 2 aromatic rings. The highest BCUT2D eigenvalue weighted by Crippen LogP contribution is 2.38. The number of rotatable bonds is 3. The monoisotopic (exact) mass is 370 g/mol. The van der Waals surface area contributed by atoms with Crippen molar-refractivity contribution in [1.29, 1.82) is 0 Å². The number of carbonyl (C=O) groups is 1. The molecule has 6 nitrogen and oxygen atoms in total. The first-order valence-corrected chi connectivity index (χ1v) is 8.55. The van der Waals surface area contributed by atoms with Crippen molar-refractivity contribution < 1.29 is 22.7 Å². The third-order valence-corrected chi connectivity index (χ3v) is 4.70. The summed E-state index contributed by atoms with van der Waals surface area (Å²) in [6, 6.07) is 1.09. The molecule has 1 aliphatic heterocycles. The number of pyridine rings is 1. The van der Waals surface area contributed by atoms with E-state index in [1.54, 1.807) is 25.8 Å². The quantitative estimate of drug-likeness (QED) is 0.777. The summed E-state index contributed by atoms with van der Waals surface area (Å²) in [4.78, 5) is 18.0. The van der Waals surface area contributed by atoms with Crippen molar-refractivity contribution in [3.05, 3.63) is 17.3 Å². The van der Waals surface area contributed by atoms with Gasteiger partial charge in [0.1, 0.15) is 5.82 Å². The fourth-order valence-corrected chi connectivity index (χ4v) is 3.42. The molecule has 9 heteroatoms. The predicted molar refractivity (Wildman–Crippen MR) is 89.8 cm³/mol. The van der Waals surface area contributed by atoms with Gasteiger partial charge in [-0.25, -0.2) is 4.98 Å². The second kappa shape index (κ2) is 6.77. The Kier molecular flexibility index (Phi) is 4.81. The number of halogens is 3. The topological polar surface area (TPSA) is 60.2 Å². The van der Waals surface area contributed by atoms with Crippen LogP contribution in [0.5, 0.6) is 0 Å². The lowest BCUT2D eigenvalue weighted by Gasteiger charge is -2.32. The van der Waals surface area contributed by atoms with Gasteiger partial charge in [-0.15, -0.1) is 0 Å². The molecule has 0 spiro atoms. The SMILES string of the molecule is CCOC(=O)C1CCN(c2cc(C(F)(F)F)c3c(C)nn(C)c3n2)CC1. The third kappa shape index (κ3) is 3.34. The largest absolute Gasteiger partial charge is 0.466 e. The van der Waals surface area contributed by atoms with Crippen LogP contribution in [0.3, 0.4) is 0 Å². The van der Waals surface area contributed by atoms with Crippen molar-refractivity contribution in [1.82, 2.24) is 14.8 Å². The van der Waals surface area contributed by atoms with Gasteiger partial charge in [0.05, 0.1) is 29.2 Å². The third-order valence-electron chi connectivity index (χ3n) is 4.70. The van der Waals surface area contributed by atoms with Crippen LogP contribution in [0.4, 0.5) is 19.0 Å². The van der Waals surface area contributed by atoms with Crippen LogP contribution in [0.1, 0.15) is 31.0 Å². The maximum absolute atomic E-state index is 13.6. The average molecular weight is 370 g/mol. The molecule has 0 N–H and O–H groups in total. The van der Waals surface area contributed by atoms with Crippen molar-refractivity contribution in [3.8, 4) is 0 Å². The summed E-state index contributed by atoms with van der Waals surface area (Å²) >= 11 is 0. The number of alkyl halides is 3. The van der Waals surface area contributed by atoms with Crippen LogP contribution in [0.25, 0.3) is 11.0 Å². The first-order valence-electron chi connectivity index (χ1n) is 8.55. The Morgan fingerprint density at radius 3 is 2.58 bits per heavy atom. The molecule has 3 heterocycles. The van der Waals surface area contributed by atoms with E-state index >= 15 is 0 Å². The van der Waals surface area contributed by atoms with Crippen LogP contribution >= 0.6 is 0 Å². The van der Waals surface area contributed by atoms with Gasteiger partial charge in [-0.2, -0.15) is 18.3 Å². The minimum Gasteiger partial charge on any atom is -0.466 e. The Bertz CT molecular complexity index is 824. The van der Waals surface area contributed by atoms with Gasteiger partial charge in [0.25, 0.3) is 0 Å².